The minimum atomic E-state index is -0.558. The molecule has 0 heterocycles. The number of rotatable bonds is 10. The number of carbonyl (C=O) groups excluding carboxylic acids is 6. The number of hydrogen-bond donors (Lipinski definition) is 2. The number of amides is 2. The van der Waals surface area contributed by atoms with E-state index in [1.54, 1.807) is 36.4 Å². The van der Waals surface area contributed by atoms with E-state index in [4.69, 9.17) is 14.2 Å². The summed E-state index contributed by atoms with van der Waals surface area (Å²) in [5.74, 6) is -1.96. The second-order valence-electron chi connectivity index (χ2n) is 9.78. The van der Waals surface area contributed by atoms with Crippen LogP contribution in [0.4, 0.5) is 11.4 Å². The fourth-order valence-electron chi connectivity index (χ4n) is 4.14. The number of Topliss-reactive ketones (excluding diaryl/α,β-unsaturated/α-hetero) is 1. The third-order valence-electron chi connectivity index (χ3n) is 6.08. The van der Waals surface area contributed by atoms with Gasteiger partial charge < -0.3 is 24.8 Å². The van der Waals surface area contributed by atoms with Gasteiger partial charge in [0.15, 0.2) is 5.78 Å². The molecule has 2 amide bonds. The molecule has 0 saturated heterocycles. The van der Waals surface area contributed by atoms with Crippen LogP contribution in [0, 0.1) is 0 Å². The lowest BCUT2D eigenvalue weighted by molar-refractivity contribution is -0.132. The zero-order valence-electron chi connectivity index (χ0n) is 24.5. The lowest BCUT2D eigenvalue weighted by atomic mass is 9.99. The average Bonchev–Trinajstić information content (AvgIpc) is 2.98. The summed E-state index contributed by atoms with van der Waals surface area (Å²) >= 11 is 0. The lowest BCUT2D eigenvalue weighted by Gasteiger charge is -2.12. The normalized spacial score (nSPS) is 10.3. The number of ketones is 1. The molecule has 0 unspecified atom stereocenters. The molecule has 4 rings (SSSR count). The summed E-state index contributed by atoms with van der Waals surface area (Å²) in [7, 11) is 0. The van der Waals surface area contributed by atoms with Crippen molar-refractivity contribution >= 4 is 46.9 Å². The molecule has 0 fully saturated rings. The number of ether oxygens (including phenoxy) is 3. The van der Waals surface area contributed by atoms with Gasteiger partial charge in [0, 0.05) is 55.3 Å². The molecule has 0 spiro atoms. The summed E-state index contributed by atoms with van der Waals surface area (Å²) in [6.07, 6.45) is -0.0337. The number of carbonyl (C=O) groups is 6. The maximum absolute atomic E-state index is 13.4. The van der Waals surface area contributed by atoms with Crippen molar-refractivity contribution in [2.24, 2.45) is 0 Å². The molecule has 45 heavy (non-hydrogen) atoms. The molecule has 228 valence electrons. The van der Waals surface area contributed by atoms with Gasteiger partial charge in [0.1, 0.15) is 17.2 Å². The minimum Gasteiger partial charge on any atom is -0.427 e. The third-order valence-corrected chi connectivity index (χ3v) is 6.08. The van der Waals surface area contributed by atoms with Gasteiger partial charge in [-0.1, -0.05) is 12.1 Å². The number of benzene rings is 4. The van der Waals surface area contributed by atoms with Crippen LogP contribution in [0.25, 0.3) is 0 Å². The van der Waals surface area contributed by atoms with E-state index < -0.39 is 29.7 Å². The molecule has 11 heteroatoms. The van der Waals surface area contributed by atoms with Crippen LogP contribution in [0.3, 0.4) is 0 Å². The maximum atomic E-state index is 13.4. The Hall–Kier alpha value is -6.10. The molecular formula is C34H28N2O9. The Kier molecular flexibility index (Phi) is 10.2. The summed E-state index contributed by atoms with van der Waals surface area (Å²) in [6, 6.07) is 22.7. The van der Waals surface area contributed by atoms with Crippen molar-refractivity contribution in [1.29, 1.82) is 0 Å². The van der Waals surface area contributed by atoms with E-state index in [1.165, 1.54) is 75.4 Å². The van der Waals surface area contributed by atoms with E-state index in [2.05, 4.69) is 10.6 Å². The van der Waals surface area contributed by atoms with Gasteiger partial charge in [-0.3, -0.25) is 28.8 Å². The third kappa shape index (κ3) is 9.45. The smallest absolute Gasteiger partial charge is 0.308 e. The monoisotopic (exact) mass is 608 g/mol. The van der Waals surface area contributed by atoms with Crippen LogP contribution in [0.2, 0.25) is 0 Å². The SMILES string of the molecule is CC(=O)Oc1ccc(CC(=O)c2cc(NC(=O)c3ccc(OC(C)=O)cc3)cc(C(=O)Nc3ccc(OC(C)=O)cc3)c2)cc1. The first kappa shape index (κ1) is 31.8. The van der Waals surface area contributed by atoms with E-state index in [1.807, 2.05) is 0 Å². The van der Waals surface area contributed by atoms with E-state index >= 15 is 0 Å². The molecule has 0 bridgehead atoms. The van der Waals surface area contributed by atoms with Crippen molar-refractivity contribution in [2.75, 3.05) is 10.6 Å². The molecule has 11 nitrogen and oxygen atoms in total. The van der Waals surface area contributed by atoms with E-state index in [9.17, 15) is 28.8 Å². The number of hydrogen-bond acceptors (Lipinski definition) is 9. The van der Waals surface area contributed by atoms with Gasteiger partial charge in [0.05, 0.1) is 0 Å². The maximum Gasteiger partial charge on any atom is 0.308 e. The van der Waals surface area contributed by atoms with Crippen molar-refractivity contribution in [3.8, 4) is 17.2 Å². The molecule has 0 radical (unpaired) electrons. The van der Waals surface area contributed by atoms with Crippen molar-refractivity contribution < 1.29 is 43.0 Å². The topological polar surface area (TPSA) is 154 Å². The van der Waals surface area contributed by atoms with Gasteiger partial charge in [0.25, 0.3) is 11.8 Å². The van der Waals surface area contributed by atoms with Crippen LogP contribution in [0.5, 0.6) is 17.2 Å². The fraction of sp³-hybridized carbons (Fsp3) is 0.118. The Bertz CT molecular complexity index is 1670. The van der Waals surface area contributed by atoms with Crippen LogP contribution >= 0.6 is 0 Å². The molecule has 0 aliphatic heterocycles. The van der Waals surface area contributed by atoms with Gasteiger partial charge in [-0.2, -0.15) is 0 Å². The Balaban J connectivity index is 1.58. The Morgan fingerprint density at radius 2 is 0.911 bits per heavy atom. The summed E-state index contributed by atoms with van der Waals surface area (Å²) in [6.45, 7) is 3.82. The molecule has 4 aromatic rings. The highest BCUT2D eigenvalue weighted by Crippen LogP contribution is 2.22. The van der Waals surface area contributed by atoms with Crippen molar-refractivity contribution in [1.82, 2.24) is 0 Å². The molecule has 0 aliphatic carbocycles. The first-order valence-electron chi connectivity index (χ1n) is 13.6. The average molecular weight is 609 g/mol. The van der Waals surface area contributed by atoms with Crippen LogP contribution in [0.1, 0.15) is 57.4 Å². The highest BCUT2D eigenvalue weighted by molar-refractivity contribution is 6.10. The van der Waals surface area contributed by atoms with Crippen LogP contribution in [0.15, 0.2) is 91.0 Å². The summed E-state index contributed by atoms with van der Waals surface area (Å²) < 4.78 is 15.0. The van der Waals surface area contributed by atoms with Crippen molar-refractivity contribution in [3.05, 3.63) is 113 Å². The molecule has 4 aromatic carbocycles. The highest BCUT2D eigenvalue weighted by Gasteiger charge is 2.17. The number of nitrogens with one attached hydrogen (secondary N) is 2. The summed E-state index contributed by atoms with van der Waals surface area (Å²) in [5.41, 5.74) is 1.73. The molecule has 0 saturated carbocycles. The van der Waals surface area contributed by atoms with Crippen LogP contribution in [-0.4, -0.2) is 35.5 Å². The fourth-order valence-corrected chi connectivity index (χ4v) is 4.14. The highest BCUT2D eigenvalue weighted by atomic mass is 16.5. The number of anilines is 2. The summed E-state index contributed by atoms with van der Waals surface area (Å²) in [4.78, 5) is 73.2. The Morgan fingerprint density at radius 3 is 1.42 bits per heavy atom. The Morgan fingerprint density at radius 1 is 0.489 bits per heavy atom. The number of esters is 3. The van der Waals surface area contributed by atoms with Gasteiger partial charge in [-0.25, -0.2) is 0 Å². The molecule has 2 N–H and O–H groups in total. The van der Waals surface area contributed by atoms with Crippen molar-refractivity contribution in [3.63, 3.8) is 0 Å². The summed E-state index contributed by atoms with van der Waals surface area (Å²) in [5, 5.41) is 5.44. The molecule has 0 aliphatic rings. The first-order chi connectivity index (χ1) is 21.4. The van der Waals surface area contributed by atoms with Gasteiger partial charge in [0.2, 0.25) is 0 Å². The zero-order valence-corrected chi connectivity index (χ0v) is 24.5. The second kappa shape index (κ2) is 14.4. The van der Waals surface area contributed by atoms with E-state index in [-0.39, 0.29) is 40.3 Å². The van der Waals surface area contributed by atoms with Crippen molar-refractivity contribution in [2.45, 2.75) is 27.2 Å². The molecule has 0 atom stereocenters. The second-order valence-corrected chi connectivity index (χ2v) is 9.78. The first-order valence-corrected chi connectivity index (χ1v) is 13.6. The predicted octanol–water partition coefficient (Wildman–Crippen LogP) is 5.39. The van der Waals surface area contributed by atoms with E-state index in [0.717, 1.165) is 0 Å². The van der Waals surface area contributed by atoms with Crippen LogP contribution < -0.4 is 24.8 Å². The molecule has 0 aromatic heterocycles. The minimum absolute atomic E-state index is 0.0337. The molecular weight excluding hydrogens is 580 g/mol. The van der Waals surface area contributed by atoms with Gasteiger partial charge in [-0.15, -0.1) is 0 Å². The van der Waals surface area contributed by atoms with Crippen LogP contribution in [-0.2, 0) is 20.8 Å². The zero-order chi connectivity index (χ0) is 32.5. The lowest BCUT2D eigenvalue weighted by Crippen LogP contribution is -2.16. The quantitative estimate of drug-likeness (QED) is 0.137. The largest absolute Gasteiger partial charge is 0.427 e. The Labute approximate surface area is 258 Å². The predicted molar refractivity (Wildman–Crippen MR) is 164 cm³/mol. The standard InChI is InChI=1S/C34H28N2O9/c1-20(37)43-29-10-4-23(5-11-29)16-32(40)25-17-26(34(42)35-27-8-14-31(15-9-27)45-22(3)39)19-28(18-25)36-33(41)24-6-12-30(13-7-24)44-21(2)38/h4-15,17-19H,16H2,1-3H3,(H,35,42)(H,36,41). The van der Waals surface area contributed by atoms with Gasteiger partial charge >= 0.3 is 17.9 Å². The van der Waals surface area contributed by atoms with Gasteiger partial charge in [-0.05, 0) is 84.4 Å². The van der Waals surface area contributed by atoms with E-state index in [0.29, 0.717) is 22.7 Å².